The summed E-state index contributed by atoms with van der Waals surface area (Å²) in [4.78, 5) is 11.6. The van der Waals surface area contributed by atoms with Crippen LogP contribution in [0.4, 0.5) is 23.2 Å². The summed E-state index contributed by atoms with van der Waals surface area (Å²) >= 11 is 0. The summed E-state index contributed by atoms with van der Waals surface area (Å²) < 4.78 is 60.4. The molecule has 4 rings (SSSR count). The molecule has 0 aliphatic rings. The topological polar surface area (TPSA) is 98.7 Å². The zero-order valence-corrected chi connectivity index (χ0v) is 17.1. The molecule has 1 N–H and O–H groups in total. The summed E-state index contributed by atoms with van der Waals surface area (Å²) in [6.45, 7) is 1.46. The molecule has 4 aromatic rings. The van der Waals surface area contributed by atoms with Crippen LogP contribution in [0, 0.1) is 11.6 Å². The minimum atomic E-state index is -3.00. The Morgan fingerprint density at radius 1 is 1.09 bits per heavy atom. The van der Waals surface area contributed by atoms with Gasteiger partial charge in [0.1, 0.15) is 17.3 Å². The van der Waals surface area contributed by atoms with E-state index in [1.165, 1.54) is 10.9 Å². The molecular weight excluding hydrogens is 444 g/mol. The van der Waals surface area contributed by atoms with Gasteiger partial charge in [-0.25, -0.2) is 13.5 Å². The SMILES string of the molecule is CCC(=O)Nc1cccc(-c2cn(Cc3c(F)cc(-c4nnc(C(F)F)o4)cc3F)nn2)c1. The predicted molar refractivity (Wildman–Crippen MR) is 108 cm³/mol. The van der Waals surface area contributed by atoms with E-state index in [2.05, 4.69) is 25.8 Å². The third-order valence-electron chi connectivity index (χ3n) is 4.64. The molecule has 0 aliphatic heterocycles. The van der Waals surface area contributed by atoms with E-state index in [1.807, 2.05) is 0 Å². The van der Waals surface area contributed by atoms with Crippen molar-refractivity contribution in [1.29, 1.82) is 0 Å². The molecule has 0 radical (unpaired) electrons. The maximum absolute atomic E-state index is 14.6. The standard InChI is InChI=1S/C21H16F4N6O2/c1-2-18(32)26-13-5-3-4-11(6-13)17-10-31(30-27-17)9-14-15(22)7-12(8-16(14)23)20-28-29-21(33-20)19(24)25/h3-8,10,19H,2,9H2,1H3,(H,26,32). The molecule has 0 saturated heterocycles. The molecule has 2 aromatic carbocycles. The number of benzene rings is 2. The van der Waals surface area contributed by atoms with Crippen LogP contribution in [-0.2, 0) is 11.3 Å². The van der Waals surface area contributed by atoms with Crippen molar-refractivity contribution in [3.05, 3.63) is 65.7 Å². The first-order chi connectivity index (χ1) is 15.8. The number of nitrogens with one attached hydrogen (secondary N) is 1. The molecule has 2 aromatic heterocycles. The predicted octanol–water partition coefficient (Wildman–Crippen LogP) is 4.61. The van der Waals surface area contributed by atoms with Crippen LogP contribution in [0.2, 0.25) is 0 Å². The average molecular weight is 460 g/mol. The normalized spacial score (nSPS) is 11.2. The monoisotopic (exact) mass is 460 g/mol. The first kappa shape index (κ1) is 22.1. The summed E-state index contributed by atoms with van der Waals surface area (Å²) in [5.74, 6) is -3.39. The Balaban J connectivity index is 1.54. The number of alkyl halides is 2. The van der Waals surface area contributed by atoms with Crippen LogP contribution < -0.4 is 5.32 Å². The number of anilines is 1. The van der Waals surface area contributed by atoms with Gasteiger partial charge < -0.3 is 9.73 Å². The summed E-state index contributed by atoms with van der Waals surface area (Å²) in [7, 11) is 0. The summed E-state index contributed by atoms with van der Waals surface area (Å²) in [6.07, 6.45) is -1.17. The highest BCUT2D eigenvalue weighted by molar-refractivity contribution is 5.91. The van der Waals surface area contributed by atoms with E-state index in [4.69, 9.17) is 4.42 Å². The van der Waals surface area contributed by atoms with Crippen LogP contribution >= 0.6 is 0 Å². The van der Waals surface area contributed by atoms with Crippen molar-refractivity contribution in [2.75, 3.05) is 5.32 Å². The van der Waals surface area contributed by atoms with Crippen LogP contribution in [0.3, 0.4) is 0 Å². The molecule has 2 heterocycles. The van der Waals surface area contributed by atoms with Gasteiger partial charge in [0.15, 0.2) is 0 Å². The number of nitrogens with zero attached hydrogens (tertiary/aromatic N) is 5. The summed E-state index contributed by atoms with van der Waals surface area (Å²) in [5.41, 5.74) is 1.19. The Morgan fingerprint density at radius 3 is 2.52 bits per heavy atom. The molecule has 0 spiro atoms. The zero-order valence-electron chi connectivity index (χ0n) is 17.1. The van der Waals surface area contributed by atoms with E-state index in [0.29, 0.717) is 23.4 Å². The molecule has 1 amide bonds. The number of rotatable bonds is 7. The number of aromatic nitrogens is 5. The van der Waals surface area contributed by atoms with Gasteiger partial charge in [0, 0.05) is 28.8 Å². The molecule has 0 saturated carbocycles. The maximum Gasteiger partial charge on any atom is 0.314 e. The Hall–Kier alpha value is -4.09. The van der Waals surface area contributed by atoms with Gasteiger partial charge in [-0.05, 0) is 24.3 Å². The van der Waals surface area contributed by atoms with Crippen LogP contribution in [-0.4, -0.2) is 31.1 Å². The zero-order chi connectivity index (χ0) is 23.5. The molecule has 0 atom stereocenters. The van der Waals surface area contributed by atoms with Crippen molar-refractivity contribution in [2.24, 2.45) is 0 Å². The fraction of sp³-hybridized carbons (Fsp3) is 0.190. The van der Waals surface area contributed by atoms with Gasteiger partial charge in [0.05, 0.1) is 12.7 Å². The fourth-order valence-corrected chi connectivity index (χ4v) is 2.99. The minimum Gasteiger partial charge on any atom is -0.415 e. The summed E-state index contributed by atoms with van der Waals surface area (Å²) in [5, 5.41) is 17.2. The number of carbonyl (C=O) groups is 1. The lowest BCUT2D eigenvalue weighted by Gasteiger charge is -2.06. The molecule has 33 heavy (non-hydrogen) atoms. The smallest absolute Gasteiger partial charge is 0.314 e. The van der Waals surface area contributed by atoms with Gasteiger partial charge >= 0.3 is 6.43 Å². The second kappa shape index (κ2) is 9.18. The van der Waals surface area contributed by atoms with Crippen LogP contribution in [0.5, 0.6) is 0 Å². The van der Waals surface area contributed by atoms with E-state index < -0.39 is 29.8 Å². The van der Waals surface area contributed by atoms with Crippen molar-refractivity contribution in [3.63, 3.8) is 0 Å². The second-order valence-electron chi connectivity index (χ2n) is 6.95. The number of hydrogen-bond acceptors (Lipinski definition) is 6. The second-order valence-corrected chi connectivity index (χ2v) is 6.95. The van der Waals surface area contributed by atoms with Crippen LogP contribution in [0.15, 0.2) is 47.0 Å². The van der Waals surface area contributed by atoms with E-state index >= 15 is 0 Å². The Kier molecular flexibility index (Phi) is 6.16. The van der Waals surface area contributed by atoms with E-state index in [9.17, 15) is 22.4 Å². The minimum absolute atomic E-state index is 0.142. The van der Waals surface area contributed by atoms with Gasteiger partial charge in [-0.1, -0.05) is 24.3 Å². The van der Waals surface area contributed by atoms with Crippen molar-refractivity contribution in [1.82, 2.24) is 25.2 Å². The molecule has 0 fully saturated rings. The highest BCUT2D eigenvalue weighted by Gasteiger charge is 2.20. The Bertz CT molecular complexity index is 1280. The number of hydrogen-bond donors (Lipinski definition) is 1. The first-order valence-electron chi connectivity index (χ1n) is 9.74. The number of halogens is 4. The summed E-state index contributed by atoms with van der Waals surface area (Å²) in [6, 6.07) is 8.74. The quantitative estimate of drug-likeness (QED) is 0.405. The largest absolute Gasteiger partial charge is 0.415 e. The fourth-order valence-electron chi connectivity index (χ4n) is 2.99. The third-order valence-corrected chi connectivity index (χ3v) is 4.64. The third kappa shape index (κ3) is 4.89. The van der Waals surface area contributed by atoms with Gasteiger partial charge in [0.2, 0.25) is 11.8 Å². The van der Waals surface area contributed by atoms with E-state index in [-0.39, 0.29) is 23.6 Å². The molecule has 12 heteroatoms. The van der Waals surface area contributed by atoms with Crippen molar-refractivity contribution >= 4 is 11.6 Å². The highest BCUT2D eigenvalue weighted by atomic mass is 19.3. The lowest BCUT2D eigenvalue weighted by atomic mass is 10.1. The molecule has 0 unspecified atom stereocenters. The molecule has 0 aliphatic carbocycles. The lowest BCUT2D eigenvalue weighted by molar-refractivity contribution is -0.115. The van der Waals surface area contributed by atoms with Gasteiger partial charge in [-0.15, -0.1) is 15.3 Å². The highest BCUT2D eigenvalue weighted by Crippen LogP contribution is 2.27. The van der Waals surface area contributed by atoms with Crippen molar-refractivity contribution in [3.8, 4) is 22.7 Å². The van der Waals surface area contributed by atoms with E-state index in [1.54, 1.807) is 31.2 Å². The van der Waals surface area contributed by atoms with Gasteiger partial charge in [0.25, 0.3) is 5.89 Å². The number of carbonyl (C=O) groups excluding carboxylic acids is 1. The van der Waals surface area contributed by atoms with Crippen molar-refractivity contribution < 1.29 is 26.8 Å². The Labute approximate surface area is 184 Å². The molecule has 0 bridgehead atoms. The number of amides is 1. The van der Waals surface area contributed by atoms with Crippen LogP contribution in [0.1, 0.15) is 31.2 Å². The van der Waals surface area contributed by atoms with E-state index in [0.717, 1.165) is 12.1 Å². The molecule has 170 valence electrons. The lowest BCUT2D eigenvalue weighted by Crippen LogP contribution is -2.09. The average Bonchev–Trinajstić information content (AvgIpc) is 3.46. The van der Waals surface area contributed by atoms with Gasteiger partial charge in [-0.2, -0.15) is 8.78 Å². The maximum atomic E-state index is 14.6. The van der Waals surface area contributed by atoms with Crippen LogP contribution in [0.25, 0.3) is 22.7 Å². The Morgan fingerprint density at radius 2 is 1.85 bits per heavy atom. The molecular formula is C21H16F4N6O2. The first-order valence-corrected chi connectivity index (χ1v) is 9.74. The van der Waals surface area contributed by atoms with Gasteiger partial charge in [-0.3, -0.25) is 4.79 Å². The van der Waals surface area contributed by atoms with Crippen molar-refractivity contribution in [2.45, 2.75) is 26.3 Å². The molecule has 8 nitrogen and oxygen atoms in total.